The molecular formula is C22H31NOS. The number of hydrogen-bond donors (Lipinski definition) is 0. The summed E-state index contributed by atoms with van der Waals surface area (Å²) in [5, 5.41) is 0. The van der Waals surface area contributed by atoms with Crippen molar-refractivity contribution in [3.05, 3.63) is 71.9 Å². The van der Waals surface area contributed by atoms with Crippen molar-refractivity contribution in [3.8, 4) is 16.2 Å². The summed E-state index contributed by atoms with van der Waals surface area (Å²) in [5.41, 5.74) is 4.29. The summed E-state index contributed by atoms with van der Waals surface area (Å²) < 4.78 is 5.34. The number of hydrogen-bond acceptors (Lipinski definition) is 3. The highest BCUT2D eigenvalue weighted by Gasteiger charge is 1.95. The van der Waals surface area contributed by atoms with Gasteiger partial charge in [0.05, 0.1) is 17.0 Å². The summed E-state index contributed by atoms with van der Waals surface area (Å²) in [6.07, 6.45) is 1.89. The SMILES string of the molecule is CC.CC.CCOc1ccccc1C.c1ccc(-c2cncs2)cc1. The molecule has 2 nitrogen and oxygen atoms in total. The molecule has 0 unspecified atom stereocenters. The minimum absolute atomic E-state index is 0.741. The summed E-state index contributed by atoms with van der Waals surface area (Å²) in [4.78, 5) is 5.24. The van der Waals surface area contributed by atoms with E-state index >= 15 is 0 Å². The van der Waals surface area contributed by atoms with E-state index in [0.717, 1.165) is 12.4 Å². The van der Waals surface area contributed by atoms with Gasteiger partial charge in [-0.2, -0.15) is 0 Å². The van der Waals surface area contributed by atoms with Crippen LogP contribution in [0.3, 0.4) is 0 Å². The van der Waals surface area contributed by atoms with Crippen molar-refractivity contribution in [2.24, 2.45) is 0 Å². The molecule has 2 aromatic carbocycles. The molecule has 0 N–H and O–H groups in total. The fourth-order valence-corrected chi connectivity index (χ4v) is 2.46. The van der Waals surface area contributed by atoms with Crippen LogP contribution in [0, 0.1) is 6.92 Å². The molecule has 1 aromatic heterocycles. The molecule has 3 heteroatoms. The molecule has 25 heavy (non-hydrogen) atoms. The molecular weight excluding hydrogens is 326 g/mol. The molecule has 0 aliphatic rings. The van der Waals surface area contributed by atoms with E-state index in [-0.39, 0.29) is 0 Å². The molecule has 0 amide bonds. The van der Waals surface area contributed by atoms with E-state index in [1.165, 1.54) is 16.0 Å². The van der Waals surface area contributed by atoms with E-state index in [9.17, 15) is 0 Å². The zero-order valence-corrected chi connectivity index (χ0v) is 17.1. The standard InChI is InChI=1S/C9H7NS.C9H12O.2C2H6/c1-2-4-8(5-3-1)9-6-10-7-11-9;1-3-10-9-7-5-4-6-8(9)2;2*1-2/h1-7H;4-7H,3H2,1-2H3;2*1-2H3. The maximum absolute atomic E-state index is 5.34. The Hall–Kier alpha value is -2.13. The van der Waals surface area contributed by atoms with Gasteiger partial charge in [-0.05, 0) is 31.0 Å². The molecule has 0 aliphatic heterocycles. The molecule has 0 spiro atoms. The van der Waals surface area contributed by atoms with Crippen molar-refractivity contribution in [3.63, 3.8) is 0 Å². The molecule has 1 heterocycles. The summed E-state index contributed by atoms with van der Waals surface area (Å²) in [7, 11) is 0. The highest BCUT2D eigenvalue weighted by Crippen LogP contribution is 2.21. The fourth-order valence-electron chi connectivity index (χ4n) is 1.83. The zero-order valence-electron chi connectivity index (χ0n) is 16.3. The van der Waals surface area contributed by atoms with Crippen LogP contribution < -0.4 is 4.74 Å². The number of thiazole rings is 1. The van der Waals surface area contributed by atoms with E-state index in [0.29, 0.717) is 0 Å². The van der Waals surface area contributed by atoms with E-state index in [1.807, 2.05) is 95.7 Å². The van der Waals surface area contributed by atoms with Crippen LogP contribution in [0.25, 0.3) is 10.4 Å². The Kier molecular flexibility index (Phi) is 14.1. The van der Waals surface area contributed by atoms with E-state index < -0.39 is 0 Å². The minimum Gasteiger partial charge on any atom is -0.494 e. The first-order valence-electron chi connectivity index (χ1n) is 8.93. The van der Waals surface area contributed by atoms with Crippen LogP contribution in [0.15, 0.2) is 66.3 Å². The Labute approximate surface area is 157 Å². The zero-order chi connectivity index (χ0) is 18.9. The maximum atomic E-state index is 5.34. The highest BCUT2D eigenvalue weighted by atomic mass is 32.1. The Bertz CT molecular complexity index is 636. The number of benzene rings is 2. The van der Waals surface area contributed by atoms with Gasteiger partial charge in [-0.1, -0.05) is 76.2 Å². The van der Waals surface area contributed by atoms with Crippen LogP contribution in [0.2, 0.25) is 0 Å². The van der Waals surface area contributed by atoms with Gasteiger partial charge in [0.15, 0.2) is 0 Å². The number of rotatable bonds is 3. The van der Waals surface area contributed by atoms with Gasteiger partial charge in [-0.15, -0.1) is 11.3 Å². The number of aromatic nitrogens is 1. The third kappa shape index (κ3) is 9.06. The van der Waals surface area contributed by atoms with Gasteiger partial charge in [-0.25, -0.2) is 0 Å². The maximum Gasteiger partial charge on any atom is 0.122 e. The first-order chi connectivity index (χ1) is 12.3. The third-order valence-electron chi connectivity index (χ3n) is 2.88. The fraction of sp³-hybridized carbons (Fsp3) is 0.318. The number of aryl methyl sites for hydroxylation is 1. The van der Waals surface area contributed by atoms with Crippen molar-refractivity contribution in [1.29, 1.82) is 0 Å². The summed E-state index contributed by atoms with van der Waals surface area (Å²) in [6.45, 7) is 12.8. The predicted octanol–water partition coefficient (Wildman–Crippen LogP) is 7.26. The summed E-state index contributed by atoms with van der Waals surface area (Å²) >= 11 is 1.66. The van der Waals surface area contributed by atoms with Crippen LogP contribution in [-0.4, -0.2) is 11.6 Å². The second-order valence-corrected chi connectivity index (χ2v) is 5.32. The van der Waals surface area contributed by atoms with Gasteiger partial charge in [-0.3, -0.25) is 4.98 Å². The Balaban J connectivity index is 0.000000387. The second kappa shape index (κ2) is 15.4. The lowest BCUT2D eigenvalue weighted by Gasteiger charge is -2.04. The van der Waals surface area contributed by atoms with Crippen LogP contribution in [0.4, 0.5) is 0 Å². The molecule has 0 aliphatic carbocycles. The largest absolute Gasteiger partial charge is 0.494 e. The molecule has 0 saturated heterocycles. The molecule has 136 valence electrons. The Morgan fingerprint density at radius 2 is 1.48 bits per heavy atom. The average molecular weight is 358 g/mol. The second-order valence-electron chi connectivity index (χ2n) is 4.43. The average Bonchev–Trinajstić information content (AvgIpc) is 3.23. The molecule has 3 aromatic rings. The van der Waals surface area contributed by atoms with E-state index in [2.05, 4.69) is 17.1 Å². The van der Waals surface area contributed by atoms with Crippen LogP contribution >= 0.6 is 11.3 Å². The van der Waals surface area contributed by atoms with Gasteiger partial charge < -0.3 is 4.74 Å². The first kappa shape index (κ1) is 22.9. The number of nitrogens with zero attached hydrogens (tertiary/aromatic N) is 1. The van der Waals surface area contributed by atoms with Gasteiger partial charge in [0, 0.05) is 6.20 Å². The molecule has 0 radical (unpaired) electrons. The molecule has 0 fully saturated rings. The molecule has 0 atom stereocenters. The van der Waals surface area contributed by atoms with Crippen LogP contribution in [0.5, 0.6) is 5.75 Å². The molecule has 0 saturated carbocycles. The van der Waals surface area contributed by atoms with Gasteiger partial charge in [0.25, 0.3) is 0 Å². The predicted molar refractivity (Wildman–Crippen MR) is 113 cm³/mol. The Morgan fingerprint density at radius 1 is 0.880 bits per heavy atom. The number of ether oxygens (including phenoxy) is 1. The topological polar surface area (TPSA) is 22.1 Å². The number of para-hydroxylation sites is 1. The van der Waals surface area contributed by atoms with Crippen molar-refractivity contribution in [1.82, 2.24) is 4.98 Å². The quantitative estimate of drug-likeness (QED) is 0.492. The smallest absolute Gasteiger partial charge is 0.122 e. The Morgan fingerprint density at radius 3 is 2.00 bits per heavy atom. The third-order valence-corrected chi connectivity index (χ3v) is 3.71. The van der Waals surface area contributed by atoms with Crippen LogP contribution in [0.1, 0.15) is 40.2 Å². The lowest BCUT2D eigenvalue weighted by atomic mass is 10.2. The summed E-state index contributed by atoms with van der Waals surface area (Å²) in [5.74, 6) is 0.991. The van der Waals surface area contributed by atoms with Crippen molar-refractivity contribution >= 4 is 11.3 Å². The normalized spacial score (nSPS) is 8.56. The van der Waals surface area contributed by atoms with E-state index in [1.54, 1.807) is 11.3 Å². The lowest BCUT2D eigenvalue weighted by molar-refractivity contribution is 0.338. The van der Waals surface area contributed by atoms with Crippen LogP contribution in [-0.2, 0) is 0 Å². The van der Waals surface area contributed by atoms with Gasteiger partial charge in [0.1, 0.15) is 5.75 Å². The molecule has 0 bridgehead atoms. The monoisotopic (exact) mass is 357 g/mol. The first-order valence-corrected chi connectivity index (χ1v) is 9.81. The molecule has 3 rings (SSSR count). The van der Waals surface area contributed by atoms with Gasteiger partial charge in [0.2, 0.25) is 0 Å². The van der Waals surface area contributed by atoms with Crippen molar-refractivity contribution in [2.75, 3.05) is 6.61 Å². The van der Waals surface area contributed by atoms with Crippen molar-refractivity contribution in [2.45, 2.75) is 41.5 Å². The van der Waals surface area contributed by atoms with Crippen molar-refractivity contribution < 1.29 is 4.74 Å². The van der Waals surface area contributed by atoms with E-state index in [4.69, 9.17) is 4.74 Å². The summed E-state index contributed by atoms with van der Waals surface area (Å²) in [6, 6.07) is 18.3. The lowest BCUT2D eigenvalue weighted by Crippen LogP contribution is -1.92. The van der Waals surface area contributed by atoms with Gasteiger partial charge >= 0.3 is 0 Å². The minimum atomic E-state index is 0.741. The highest BCUT2D eigenvalue weighted by molar-refractivity contribution is 7.13.